The van der Waals surface area contributed by atoms with Crippen LogP contribution in [0.2, 0.25) is 0 Å². The largest absolute Gasteiger partial charge is 0.484 e. The fraction of sp³-hybridized carbons (Fsp3) is 0.222. The van der Waals surface area contributed by atoms with Crippen LogP contribution in [-0.4, -0.2) is 36.3 Å². The fourth-order valence-corrected chi connectivity index (χ4v) is 3.48. The van der Waals surface area contributed by atoms with Gasteiger partial charge in [0.1, 0.15) is 23.9 Å². The molecule has 0 saturated carbocycles. The fourth-order valence-electron chi connectivity index (χ4n) is 3.48. The Morgan fingerprint density at radius 1 is 1.11 bits per heavy atom. The standard InChI is InChI=1S/C27H27N5O5/c1-18-6-4-5-7-24(18)30-26(34)17-37-22-10-8-20(9-11-22)14-29-31-25(33)15-32-19(2)12-21(16-36-3)23(13-28)27(32)35/h4-12,14H,15-17H2,1-3H3,(H,30,34)(H,31,33)/b29-14-. The van der Waals surface area contributed by atoms with Crippen molar-refractivity contribution >= 4 is 23.7 Å². The van der Waals surface area contributed by atoms with Gasteiger partial charge in [-0.05, 0) is 61.4 Å². The number of benzene rings is 2. The number of anilines is 1. The monoisotopic (exact) mass is 501 g/mol. The first-order valence-corrected chi connectivity index (χ1v) is 11.3. The second-order valence-electron chi connectivity index (χ2n) is 8.14. The van der Waals surface area contributed by atoms with Gasteiger partial charge in [-0.3, -0.25) is 14.4 Å². The summed E-state index contributed by atoms with van der Waals surface area (Å²) in [6.07, 6.45) is 1.44. The minimum atomic E-state index is -0.558. The molecular weight excluding hydrogens is 474 g/mol. The van der Waals surface area contributed by atoms with Gasteiger partial charge < -0.3 is 19.4 Å². The van der Waals surface area contributed by atoms with Crippen LogP contribution in [0.25, 0.3) is 0 Å². The molecule has 0 aliphatic heterocycles. The number of hydrogen-bond donors (Lipinski definition) is 2. The average molecular weight is 502 g/mol. The highest BCUT2D eigenvalue weighted by molar-refractivity contribution is 5.92. The van der Waals surface area contributed by atoms with Gasteiger partial charge in [0.2, 0.25) is 0 Å². The Morgan fingerprint density at radius 3 is 2.51 bits per heavy atom. The Balaban J connectivity index is 1.52. The van der Waals surface area contributed by atoms with E-state index in [0.29, 0.717) is 22.6 Å². The molecule has 1 aromatic heterocycles. The molecule has 0 aliphatic carbocycles. The first kappa shape index (κ1) is 26.8. The molecule has 0 fully saturated rings. The molecule has 0 aliphatic rings. The van der Waals surface area contributed by atoms with Gasteiger partial charge in [-0.25, -0.2) is 5.43 Å². The summed E-state index contributed by atoms with van der Waals surface area (Å²) < 4.78 is 11.8. The predicted octanol–water partition coefficient (Wildman–Crippen LogP) is 2.65. The molecule has 1 heterocycles. The number of pyridine rings is 1. The third-order valence-corrected chi connectivity index (χ3v) is 5.37. The van der Waals surface area contributed by atoms with Gasteiger partial charge in [-0.1, -0.05) is 18.2 Å². The van der Waals surface area contributed by atoms with E-state index in [9.17, 15) is 19.6 Å². The summed E-state index contributed by atoms with van der Waals surface area (Å²) in [6, 6.07) is 17.8. The van der Waals surface area contributed by atoms with Crippen LogP contribution >= 0.6 is 0 Å². The first-order chi connectivity index (χ1) is 17.8. The SMILES string of the molecule is COCc1cc(C)n(CC(=O)N/N=C\c2ccc(OCC(=O)Nc3ccccc3C)cc2)c(=O)c1C#N. The number of rotatable bonds is 10. The number of hydrogen-bond acceptors (Lipinski definition) is 7. The smallest absolute Gasteiger partial charge is 0.269 e. The topological polar surface area (TPSA) is 135 Å². The van der Waals surface area contributed by atoms with E-state index in [1.165, 1.54) is 17.9 Å². The summed E-state index contributed by atoms with van der Waals surface area (Å²) in [6.45, 7) is 3.28. The molecule has 0 bridgehead atoms. The zero-order chi connectivity index (χ0) is 26.8. The van der Waals surface area contributed by atoms with Crippen molar-refractivity contribution in [2.75, 3.05) is 19.0 Å². The third-order valence-electron chi connectivity index (χ3n) is 5.37. The van der Waals surface area contributed by atoms with E-state index in [1.807, 2.05) is 37.3 Å². The zero-order valence-corrected chi connectivity index (χ0v) is 20.8. The maximum atomic E-state index is 12.6. The van der Waals surface area contributed by atoms with E-state index in [4.69, 9.17) is 9.47 Å². The molecule has 37 heavy (non-hydrogen) atoms. The van der Waals surface area contributed by atoms with Gasteiger partial charge in [-0.2, -0.15) is 10.4 Å². The van der Waals surface area contributed by atoms with Crippen LogP contribution < -0.4 is 21.0 Å². The number of aromatic nitrogens is 1. The molecular formula is C27H27N5O5. The molecule has 0 unspecified atom stereocenters. The van der Waals surface area contributed by atoms with Crippen molar-refractivity contribution in [2.45, 2.75) is 27.0 Å². The lowest BCUT2D eigenvalue weighted by Crippen LogP contribution is -2.33. The van der Waals surface area contributed by atoms with Crippen molar-refractivity contribution in [1.82, 2.24) is 9.99 Å². The Bertz CT molecular complexity index is 1400. The third kappa shape index (κ3) is 7.37. The van der Waals surface area contributed by atoms with E-state index < -0.39 is 11.5 Å². The minimum Gasteiger partial charge on any atom is -0.484 e. The first-order valence-electron chi connectivity index (χ1n) is 11.3. The van der Waals surface area contributed by atoms with E-state index in [-0.39, 0.29) is 31.2 Å². The second-order valence-corrected chi connectivity index (χ2v) is 8.14. The number of carbonyl (C=O) groups excluding carboxylic acids is 2. The van der Waals surface area contributed by atoms with Crippen LogP contribution in [0.3, 0.4) is 0 Å². The van der Waals surface area contributed by atoms with Crippen LogP contribution in [0.15, 0.2) is 64.5 Å². The lowest BCUT2D eigenvalue weighted by Gasteiger charge is -2.12. The molecule has 2 N–H and O–H groups in total. The molecule has 10 nitrogen and oxygen atoms in total. The number of nitrogens with zero attached hydrogens (tertiary/aromatic N) is 3. The molecule has 10 heteroatoms. The summed E-state index contributed by atoms with van der Waals surface area (Å²) in [5, 5.41) is 16.0. The number of hydrazone groups is 1. The zero-order valence-electron chi connectivity index (χ0n) is 20.8. The highest BCUT2D eigenvalue weighted by Crippen LogP contribution is 2.14. The van der Waals surface area contributed by atoms with Crippen molar-refractivity contribution < 1.29 is 19.1 Å². The number of methoxy groups -OCH3 is 1. The van der Waals surface area contributed by atoms with Gasteiger partial charge in [0.15, 0.2) is 6.61 Å². The van der Waals surface area contributed by atoms with Crippen molar-refractivity contribution in [3.8, 4) is 11.8 Å². The van der Waals surface area contributed by atoms with Gasteiger partial charge in [0, 0.05) is 24.1 Å². The molecule has 190 valence electrons. The molecule has 0 atom stereocenters. The highest BCUT2D eigenvalue weighted by Gasteiger charge is 2.14. The second kappa shape index (κ2) is 12.8. The van der Waals surface area contributed by atoms with Gasteiger partial charge >= 0.3 is 0 Å². The Morgan fingerprint density at radius 2 is 1.84 bits per heavy atom. The number of nitriles is 1. The van der Waals surface area contributed by atoms with E-state index >= 15 is 0 Å². The quantitative estimate of drug-likeness (QED) is 0.324. The van der Waals surface area contributed by atoms with Crippen molar-refractivity contribution in [2.24, 2.45) is 5.10 Å². The lowest BCUT2D eigenvalue weighted by molar-refractivity contribution is -0.121. The summed E-state index contributed by atoms with van der Waals surface area (Å²) in [7, 11) is 1.47. The van der Waals surface area contributed by atoms with Crippen molar-refractivity contribution in [3.05, 3.63) is 92.9 Å². The van der Waals surface area contributed by atoms with Gasteiger partial charge in [0.25, 0.3) is 17.4 Å². The number of ether oxygens (including phenoxy) is 2. The predicted molar refractivity (Wildman–Crippen MR) is 138 cm³/mol. The highest BCUT2D eigenvalue weighted by atomic mass is 16.5. The van der Waals surface area contributed by atoms with Crippen molar-refractivity contribution in [3.63, 3.8) is 0 Å². The molecule has 2 aromatic carbocycles. The number of aryl methyl sites for hydroxylation is 2. The Labute approximate surface area is 214 Å². The van der Waals surface area contributed by atoms with Crippen LogP contribution in [0.4, 0.5) is 5.69 Å². The minimum absolute atomic E-state index is 0.0567. The summed E-state index contributed by atoms with van der Waals surface area (Å²) in [4.78, 5) is 37.1. The van der Waals surface area contributed by atoms with E-state index in [1.54, 1.807) is 37.3 Å². The lowest BCUT2D eigenvalue weighted by atomic mass is 10.1. The van der Waals surface area contributed by atoms with Crippen LogP contribution in [0, 0.1) is 25.2 Å². The van der Waals surface area contributed by atoms with Crippen molar-refractivity contribution in [1.29, 1.82) is 5.26 Å². The number of nitrogens with one attached hydrogen (secondary N) is 2. The maximum absolute atomic E-state index is 12.6. The summed E-state index contributed by atoms with van der Waals surface area (Å²) in [5.41, 5.74) is 5.13. The van der Waals surface area contributed by atoms with Gasteiger partial charge in [0.05, 0.1) is 12.8 Å². The molecule has 3 aromatic rings. The number of amides is 2. The summed E-state index contributed by atoms with van der Waals surface area (Å²) >= 11 is 0. The molecule has 0 radical (unpaired) electrons. The summed E-state index contributed by atoms with van der Waals surface area (Å²) in [5.74, 6) is -0.294. The molecule has 0 saturated heterocycles. The Kier molecular flexibility index (Phi) is 9.29. The van der Waals surface area contributed by atoms with Gasteiger partial charge in [-0.15, -0.1) is 0 Å². The van der Waals surface area contributed by atoms with E-state index in [0.717, 1.165) is 11.3 Å². The average Bonchev–Trinajstić information content (AvgIpc) is 2.88. The van der Waals surface area contributed by atoms with Crippen LogP contribution in [0.1, 0.15) is 27.9 Å². The Hall–Kier alpha value is -4.75. The van der Waals surface area contributed by atoms with E-state index in [2.05, 4.69) is 15.8 Å². The van der Waals surface area contributed by atoms with Crippen LogP contribution in [-0.2, 0) is 27.5 Å². The van der Waals surface area contributed by atoms with Crippen LogP contribution in [0.5, 0.6) is 5.75 Å². The molecule has 0 spiro atoms. The maximum Gasteiger partial charge on any atom is 0.269 e. The normalized spacial score (nSPS) is 10.6. The number of carbonyl (C=O) groups is 2. The number of para-hydroxylation sites is 1. The molecule has 2 amide bonds. The molecule has 3 rings (SSSR count).